The molecule has 1 saturated carbocycles. The Morgan fingerprint density at radius 2 is 1.86 bits per heavy atom. The van der Waals surface area contributed by atoms with E-state index in [4.69, 9.17) is 5.73 Å². The monoisotopic (exact) mass is 298 g/mol. The molecule has 0 bridgehead atoms. The number of nitrogens with two attached hydrogens (primary N) is 1. The Bertz CT molecular complexity index is 409. The highest BCUT2D eigenvalue weighted by Gasteiger charge is 2.37. The molecule has 0 saturated heterocycles. The van der Waals surface area contributed by atoms with Crippen molar-refractivity contribution in [2.24, 2.45) is 22.6 Å². The molecule has 0 radical (unpaired) electrons. The van der Waals surface area contributed by atoms with Gasteiger partial charge in [0.15, 0.2) is 0 Å². The average molecular weight is 298 g/mol. The largest absolute Gasteiger partial charge is 0.452 e. The zero-order valence-electron chi connectivity index (χ0n) is 13.3. The molecule has 0 aromatic heterocycles. The molecule has 21 heavy (non-hydrogen) atoms. The minimum absolute atomic E-state index is 0.0584. The lowest BCUT2D eigenvalue weighted by Crippen LogP contribution is -2.54. The molecule has 0 aliphatic heterocycles. The zero-order valence-corrected chi connectivity index (χ0v) is 13.3. The molecule has 0 heterocycles. The fraction of sp³-hybridized carbons (Fsp3) is 0.786. The maximum absolute atomic E-state index is 12.8. The van der Waals surface area contributed by atoms with Crippen LogP contribution in [-0.4, -0.2) is 43.0 Å². The number of methoxy groups -OCH3 is 1. The Morgan fingerprint density at radius 3 is 2.33 bits per heavy atom. The van der Waals surface area contributed by atoms with Crippen molar-refractivity contribution in [1.82, 2.24) is 10.4 Å². The van der Waals surface area contributed by atoms with Gasteiger partial charge in [-0.3, -0.25) is 9.79 Å². The average Bonchev–Trinajstić information content (AvgIpc) is 2.50. The van der Waals surface area contributed by atoms with E-state index < -0.39 is 6.09 Å². The summed E-state index contributed by atoms with van der Waals surface area (Å²) in [7, 11) is 2.90. The number of ether oxygens (including phenoxy) is 1. The molecule has 0 spiro atoms. The van der Waals surface area contributed by atoms with Crippen molar-refractivity contribution in [3.63, 3.8) is 0 Å². The highest BCUT2D eigenvalue weighted by Crippen LogP contribution is 2.31. The van der Waals surface area contributed by atoms with Gasteiger partial charge in [-0.15, -0.1) is 0 Å². The van der Waals surface area contributed by atoms with E-state index in [9.17, 15) is 9.59 Å². The van der Waals surface area contributed by atoms with Crippen LogP contribution in [0.25, 0.3) is 0 Å². The van der Waals surface area contributed by atoms with Gasteiger partial charge in [0, 0.05) is 24.9 Å². The molecule has 0 aromatic carbocycles. The molecule has 1 rings (SSSR count). The fourth-order valence-corrected chi connectivity index (χ4v) is 2.71. The Morgan fingerprint density at radius 1 is 1.29 bits per heavy atom. The van der Waals surface area contributed by atoms with Crippen LogP contribution in [0.15, 0.2) is 4.99 Å². The van der Waals surface area contributed by atoms with Gasteiger partial charge in [-0.05, 0) is 26.7 Å². The SMILES string of the molecule is CN=C(N)C1CCCCC1C(=O)N(NC(=O)OC)C(C)C. The van der Waals surface area contributed by atoms with Crippen molar-refractivity contribution >= 4 is 17.8 Å². The zero-order chi connectivity index (χ0) is 16.0. The van der Waals surface area contributed by atoms with Crippen molar-refractivity contribution in [3.8, 4) is 0 Å². The second kappa shape index (κ2) is 7.85. The number of hydrogen-bond acceptors (Lipinski definition) is 4. The van der Waals surface area contributed by atoms with Crippen molar-refractivity contribution in [1.29, 1.82) is 0 Å². The van der Waals surface area contributed by atoms with E-state index in [0.717, 1.165) is 25.7 Å². The van der Waals surface area contributed by atoms with E-state index >= 15 is 0 Å². The van der Waals surface area contributed by atoms with E-state index in [2.05, 4.69) is 15.2 Å². The van der Waals surface area contributed by atoms with Crippen LogP contribution < -0.4 is 11.2 Å². The topological polar surface area (TPSA) is 97.0 Å². The number of amides is 2. The number of carbonyl (C=O) groups excluding carboxylic acids is 2. The van der Waals surface area contributed by atoms with Gasteiger partial charge in [-0.1, -0.05) is 12.8 Å². The van der Waals surface area contributed by atoms with Crippen LogP contribution in [0.3, 0.4) is 0 Å². The first-order valence-electron chi connectivity index (χ1n) is 7.32. The Labute approximate surface area is 125 Å². The minimum atomic E-state index is -0.651. The molecule has 2 atom stereocenters. The third-order valence-electron chi connectivity index (χ3n) is 3.87. The minimum Gasteiger partial charge on any atom is -0.452 e. The predicted octanol–water partition coefficient (Wildman–Crippen LogP) is 1.29. The molecule has 1 fully saturated rings. The van der Waals surface area contributed by atoms with Crippen molar-refractivity contribution < 1.29 is 14.3 Å². The van der Waals surface area contributed by atoms with Gasteiger partial charge in [-0.25, -0.2) is 15.2 Å². The third-order valence-corrected chi connectivity index (χ3v) is 3.87. The Kier molecular flexibility index (Phi) is 6.45. The number of hydrazine groups is 1. The molecule has 1 aliphatic rings. The second-order valence-electron chi connectivity index (χ2n) is 5.55. The molecule has 1 aliphatic carbocycles. The summed E-state index contributed by atoms with van der Waals surface area (Å²) in [6.45, 7) is 3.67. The summed E-state index contributed by atoms with van der Waals surface area (Å²) < 4.78 is 4.57. The van der Waals surface area contributed by atoms with E-state index in [1.54, 1.807) is 7.05 Å². The van der Waals surface area contributed by atoms with E-state index in [1.165, 1.54) is 12.1 Å². The summed E-state index contributed by atoms with van der Waals surface area (Å²) in [4.78, 5) is 28.2. The number of amidine groups is 1. The molecule has 7 heteroatoms. The molecule has 7 nitrogen and oxygen atoms in total. The molecule has 2 amide bonds. The quantitative estimate of drug-likeness (QED) is 0.466. The fourth-order valence-electron chi connectivity index (χ4n) is 2.71. The molecule has 3 N–H and O–H groups in total. The summed E-state index contributed by atoms with van der Waals surface area (Å²) in [5.41, 5.74) is 8.43. The van der Waals surface area contributed by atoms with Crippen LogP contribution in [0.4, 0.5) is 4.79 Å². The summed E-state index contributed by atoms with van der Waals surface area (Å²) in [5, 5.41) is 1.33. The summed E-state index contributed by atoms with van der Waals surface area (Å²) in [6.07, 6.45) is 2.97. The smallest absolute Gasteiger partial charge is 0.425 e. The number of rotatable bonds is 3. The van der Waals surface area contributed by atoms with Gasteiger partial charge in [0.2, 0.25) is 5.91 Å². The van der Waals surface area contributed by atoms with Crippen molar-refractivity contribution in [3.05, 3.63) is 0 Å². The van der Waals surface area contributed by atoms with Crippen LogP contribution in [-0.2, 0) is 9.53 Å². The Balaban J connectivity index is 2.91. The van der Waals surface area contributed by atoms with Gasteiger partial charge in [0.1, 0.15) is 0 Å². The molecular formula is C14H26N4O3. The standard InChI is InChI=1S/C14H26N4O3/c1-9(2)18(17-14(20)21-4)13(19)11-8-6-5-7-10(11)12(15)16-3/h9-11H,5-8H2,1-4H3,(H2,15,16)(H,17,20). The van der Waals surface area contributed by atoms with Crippen LogP contribution in [0.2, 0.25) is 0 Å². The third kappa shape index (κ3) is 4.34. The maximum Gasteiger partial charge on any atom is 0.425 e. The normalized spacial score (nSPS) is 22.8. The van der Waals surface area contributed by atoms with Crippen LogP contribution >= 0.6 is 0 Å². The van der Waals surface area contributed by atoms with Crippen LogP contribution in [0.1, 0.15) is 39.5 Å². The Hall–Kier alpha value is -1.79. The van der Waals surface area contributed by atoms with Crippen molar-refractivity contribution in [2.75, 3.05) is 14.2 Å². The van der Waals surface area contributed by atoms with E-state index in [1.807, 2.05) is 13.8 Å². The van der Waals surface area contributed by atoms with Gasteiger partial charge >= 0.3 is 6.09 Å². The van der Waals surface area contributed by atoms with E-state index in [0.29, 0.717) is 5.84 Å². The van der Waals surface area contributed by atoms with Gasteiger partial charge in [-0.2, -0.15) is 0 Å². The van der Waals surface area contributed by atoms with Crippen LogP contribution in [0, 0.1) is 11.8 Å². The molecule has 2 unspecified atom stereocenters. The van der Waals surface area contributed by atoms with Gasteiger partial charge < -0.3 is 10.5 Å². The first-order valence-corrected chi connectivity index (χ1v) is 7.32. The number of nitrogens with zero attached hydrogens (tertiary/aromatic N) is 2. The predicted molar refractivity (Wildman–Crippen MR) is 80.5 cm³/mol. The number of nitrogens with one attached hydrogen (secondary N) is 1. The number of carbonyl (C=O) groups is 2. The lowest BCUT2D eigenvalue weighted by molar-refractivity contribution is -0.142. The lowest BCUT2D eigenvalue weighted by Gasteiger charge is -2.35. The number of hydrogen-bond donors (Lipinski definition) is 2. The molecule has 120 valence electrons. The highest BCUT2D eigenvalue weighted by atomic mass is 16.5. The summed E-state index contributed by atoms with van der Waals surface area (Å²) >= 11 is 0. The highest BCUT2D eigenvalue weighted by molar-refractivity contribution is 5.90. The first kappa shape index (κ1) is 17.3. The number of aliphatic imine (C=N–C) groups is 1. The second-order valence-corrected chi connectivity index (χ2v) is 5.55. The molecule has 0 aromatic rings. The van der Waals surface area contributed by atoms with Gasteiger partial charge in [0.05, 0.1) is 12.9 Å². The molecular weight excluding hydrogens is 272 g/mol. The lowest BCUT2D eigenvalue weighted by atomic mass is 9.77. The van der Waals surface area contributed by atoms with Gasteiger partial charge in [0.25, 0.3) is 0 Å². The summed E-state index contributed by atoms with van der Waals surface area (Å²) in [5.74, 6) is 0.0699. The summed E-state index contributed by atoms with van der Waals surface area (Å²) in [6, 6.07) is -0.168. The van der Waals surface area contributed by atoms with Crippen molar-refractivity contribution in [2.45, 2.75) is 45.6 Å². The van der Waals surface area contributed by atoms with E-state index in [-0.39, 0.29) is 23.8 Å². The maximum atomic E-state index is 12.8. The van der Waals surface area contributed by atoms with Crippen LogP contribution in [0.5, 0.6) is 0 Å². The first-order chi connectivity index (χ1) is 9.92.